The second-order valence-electron chi connectivity index (χ2n) is 3.15. The fourth-order valence-electron chi connectivity index (χ4n) is 1.13. The summed E-state index contributed by atoms with van der Waals surface area (Å²) in [6.07, 6.45) is 1.87. The minimum Gasteiger partial charge on any atom is -0.415 e. The monoisotopic (exact) mass is 270 g/mol. The van der Waals surface area contributed by atoms with Gasteiger partial charge in [-0.3, -0.25) is 4.79 Å². The van der Waals surface area contributed by atoms with Crippen LogP contribution in [0.5, 0.6) is 0 Å². The van der Waals surface area contributed by atoms with Gasteiger partial charge < -0.3 is 9.40 Å². The Morgan fingerprint density at radius 1 is 1.47 bits per heavy atom. The van der Waals surface area contributed by atoms with E-state index in [1.165, 1.54) is 29.6 Å². The summed E-state index contributed by atoms with van der Waals surface area (Å²) < 4.78 is 5.32. The summed E-state index contributed by atoms with van der Waals surface area (Å²) in [5, 5.41) is 8.78. The van der Waals surface area contributed by atoms with Crippen LogP contribution < -0.4 is 5.56 Å². The smallest absolute Gasteiger partial charge is 0.276 e. The van der Waals surface area contributed by atoms with Gasteiger partial charge in [0.05, 0.1) is 5.75 Å². The van der Waals surface area contributed by atoms with E-state index >= 15 is 0 Å². The summed E-state index contributed by atoms with van der Waals surface area (Å²) in [5.41, 5.74) is 0.530. The van der Waals surface area contributed by atoms with Crippen molar-refractivity contribution in [2.24, 2.45) is 0 Å². The van der Waals surface area contributed by atoms with Crippen LogP contribution in [0.4, 0.5) is 0 Å². The average molecular weight is 270 g/mol. The molecule has 2 aromatic heterocycles. The van der Waals surface area contributed by atoms with E-state index in [0.29, 0.717) is 27.7 Å². The van der Waals surface area contributed by atoms with E-state index in [0.717, 1.165) is 0 Å². The molecule has 0 fully saturated rings. The summed E-state index contributed by atoms with van der Waals surface area (Å²) in [7, 11) is 0. The van der Waals surface area contributed by atoms with Crippen molar-refractivity contribution in [1.29, 1.82) is 0 Å². The number of nitrogens with one attached hydrogen (secondary N) is 1. The molecule has 17 heavy (non-hydrogen) atoms. The third-order valence-corrected chi connectivity index (χ3v) is 3.18. The van der Waals surface area contributed by atoms with Crippen LogP contribution in [0.15, 0.2) is 25.7 Å². The van der Waals surface area contributed by atoms with Gasteiger partial charge in [-0.1, -0.05) is 23.5 Å². The number of H-pyrrole nitrogens is 1. The highest BCUT2D eigenvalue weighted by Crippen LogP contribution is 2.19. The molecule has 0 bridgehead atoms. The Morgan fingerprint density at radius 2 is 2.29 bits per heavy atom. The molecule has 0 amide bonds. The fraction of sp³-hybridized carbons (Fsp3) is 0.333. The SMILES string of the molecule is CSc1nnc(CSc2nc(C)cc(=O)[nH]2)o1. The molecule has 90 valence electrons. The van der Waals surface area contributed by atoms with E-state index in [1.807, 2.05) is 6.26 Å². The van der Waals surface area contributed by atoms with Gasteiger partial charge in [0.15, 0.2) is 5.16 Å². The first kappa shape index (κ1) is 12.2. The van der Waals surface area contributed by atoms with Crippen molar-refractivity contribution in [1.82, 2.24) is 20.2 Å². The van der Waals surface area contributed by atoms with Crippen LogP contribution in [-0.4, -0.2) is 26.4 Å². The van der Waals surface area contributed by atoms with Gasteiger partial charge in [-0.25, -0.2) is 4.98 Å². The first-order valence-corrected chi connectivity index (χ1v) is 6.95. The lowest BCUT2D eigenvalue weighted by Crippen LogP contribution is -2.08. The zero-order valence-electron chi connectivity index (χ0n) is 9.26. The number of rotatable bonds is 4. The number of aromatic nitrogens is 4. The average Bonchev–Trinajstić information content (AvgIpc) is 2.73. The molecule has 0 radical (unpaired) electrons. The first-order chi connectivity index (χ1) is 8.17. The van der Waals surface area contributed by atoms with Crippen LogP contribution in [-0.2, 0) is 5.75 Å². The van der Waals surface area contributed by atoms with E-state index in [1.54, 1.807) is 6.92 Å². The molecule has 0 spiro atoms. The third kappa shape index (κ3) is 3.34. The van der Waals surface area contributed by atoms with Crippen molar-refractivity contribution in [2.45, 2.75) is 23.1 Å². The highest BCUT2D eigenvalue weighted by molar-refractivity contribution is 7.98. The molecule has 0 saturated heterocycles. The number of aryl methyl sites for hydroxylation is 1. The van der Waals surface area contributed by atoms with Crippen LogP contribution in [0.3, 0.4) is 0 Å². The third-order valence-electron chi connectivity index (χ3n) is 1.80. The van der Waals surface area contributed by atoms with Crippen molar-refractivity contribution in [2.75, 3.05) is 6.26 Å². The number of nitrogens with zero attached hydrogens (tertiary/aromatic N) is 3. The lowest BCUT2D eigenvalue weighted by molar-refractivity contribution is 0.427. The molecule has 1 N–H and O–H groups in total. The Hall–Kier alpha value is -1.28. The summed E-state index contributed by atoms with van der Waals surface area (Å²) in [6.45, 7) is 1.78. The predicted octanol–water partition coefficient (Wildman–Crippen LogP) is 1.48. The Balaban J connectivity index is 2.04. The van der Waals surface area contributed by atoms with Gasteiger partial charge in [-0.15, -0.1) is 10.2 Å². The quantitative estimate of drug-likeness (QED) is 0.665. The Morgan fingerprint density at radius 3 is 2.94 bits per heavy atom. The number of aromatic amines is 1. The molecule has 0 unspecified atom stereocenters. The lowest BCUT2D eigenvalue weighted by atomic mass is 10.5. The Bertz CT molecular complexity index is 566. The normalized spacial score (nSPS) is 10.7. The summed E-state index contributed by atoms with van der Waals surface area (Å²) in [4.78, 5) is 18.0. The van der Waals surface area contributed by atoms with E-state index in [4.69, 9.17) is 4.42 Å². The standard InChI is InChI=1S/C9H10N4O2S2/c1-5-3-6(14)11-8(10-5)17-4-7-12-13-9(15-7)16-2/h3H,4H2,1-2H3,(H,10,11,14). The molecule has 0 aliphatic carbocycles. The van der Waals surface area contributed by atoms with Gasteiger partial charge in [0.1, 0.15) is 0 Å². The topological polar surface area (TPSA) is 84.7 Å². The number of hydrogen-bond donors (Lipinski definition) is 1. The minimum absolute atomic E-state index is 0.157. The van der Waals surface area contributed by atoms with Crippen molar-refractivity contribution < 1.29 is 4.42 Å². The second-order valence-corrected chi connectivity index (χ2v) is 4.87. The molecule has 0 saturated carbocycles. The van der Waals surface area contributed by atoms with Gasteiger partial charge in [-0.05, 0) is 13.2 Å². The molecule has 8 heteroatoms. The van der Waals surface area contributed by atoms with Crippen LogP contribution in [0, 0.1) is 6.92 Å². The van der Waals surface area contributed by atoms with Gasteiger partial charge >= 0.3 is 0 Å². The van der Waals surface area contributed by atoms with Crippen molar-refractivity contribution >= 4 is 23.5 Å². The van der Waals surface area contributed by atoms with Gasteiger partial charge in [-0.2, -0.15) is 0 Å². The maximum atomic E-state index is 11.2. The molecular weight excluding hydrogens is 260 g/mol. The maximum absolute atomic E-state index is 11.2. The van der Waals surface area contributed by atoms with Crippen molar-refractivity contribution in [3.05, 3.63) is 28.0 Å². The highest BCUT2D eigenvalue weighted by Gasteiger charge is 2.06. The fourth-order valence-corrected chi connectivity index (χ4v) is 2.19. The van der Waals surface area contributed by atoms with E-state index in [9.17, 15) is 4.79 Å². The van der Waals surface area contributed by atoms with Gasteiger partial charge in [0.2, 0.25) is 5.89 Å². The number of thioether (sulfide) groups is 2. The molecule has 2 rings (SSSR count). The Kier molecular flexibility index (Phi) is 3.85. The van der Waals surface area contributed by atoms with Crippen molar-refractivity contribution in [3.8, 4) is 0 Å². The first-order valence-electron chi connectivity index (χ1n) is 4.74. The lowest BCUT2D eigenvalue weighted by Gasteiger charge is -1.98. The molecule has 6 nitrogen and oxygen atoms in total. The van der Waals surface area contributed by atoms with Crippen molar-refractivity contribution in [3.63, 3.8) is 0 Å². The minimum atomic E-state index is -0.157. The molecule has 0 aromatic carbocycles. The van der Waals surface area contributed by atoms with E-state index in [2.05, 4.69) is 20.2 Å². The molecule has 0 atom stereocenters. The maximum Gasteiger partial charge on any atom is 0.276 e. The molecule has 0 aliphatic rings. The summed E-state index contributed by atoms with van der Waals surface area (Å²) >= 11 is 2.75. The van der Waals surface area contributed by atoms with Gasteiger partial charge in [0, 0.05) is 11.8 Å². The zero-order valence-corrected chi connectivity index (χ0v) is 10.9. The largest absolute Gasteiger partial charge is 0.415 e. The molecule has 2 aromatic rings. The summed E-state index contributed by atoms with van der Waals surface area (Å²) in [5.74, 6) is 1.00. The molecular formula is C9H10N4O2S2. The Labute approximate surface area is 106 Å². The summed E-state index contributed by atoms with van der Waals surface area (Å²) in [6, 6.07) is 1.45. The van der Waals surface area contributed by atoms with Crippen LogP contribution in [0.1, 0.15) is 11.6 Å². The van der Waals surface area contributed by atoms with Crippen LogP contribution in [0.2, 0.25) is 0 Å². The molecule has 2 heterocycles. The van der Waals surface area contributed by atoms with Crippen LogP contribution in [0.25, 0.3) is 0 Å². The molecule has 0 aliphatic heterocycles. The second kappa shape index (κ2) is 5.37. The van der Waals surface area contributed by atoms with Crippen LogP contribution >= 0.6 is 23.5 Å². The highest BCUT2D eigenvalue weighted by atomic mass is 32.2. The van der Waals surface area contributed by atoms with Gasteiger partial charge in [0.25, 0.3) is 10.8 Å². The predicted molar refractivity (Wildman–Crippen MR) is 65.2 cm³/mol. The van der Waals surface area contributed by atoms with E-state index in [-0.39, 0.29) is 5.56 Å². The van der Waals surface area contributed by atoms with E-state index < -0.39 is 0 Å². The number of hydrogen-bond acceptors (Lipinski definition) is 7. The zero-order chi connectivity index (χ0) is 12.3.